The number of halogens is 1. The number of carbonyl (C=O) groups is 1. The van der Waals surface area contributed by atoms with Crippen LogP contribution in [0.15, 0.2) is 47.3 Å². The van der Waals surface area contributed by atoms with Gasteiger partial charge in [0, 0.05) is 29.8 Å². The summed E-state index contributed by atoms with van der Waals surface area (Å²) in [5, 5.41) is 3.40. The number of nitrogens with zero attached hydrogens (tertiary/aromatic N) is 3. The fraction of sp³-hybridized carbons (Fsp3) is 0.353. The van der Waals surface area contributed by atoms with Gasteiger partial charge >= 0.3 is 0 Å². The van der Waals surface area contributed by atoms with Gasteiger partial charge in [-0.3, -0.25) is 4.79 Å². The van der Waals surface area contributed by atoms with E-state index in [1.165, 1.54) is 0 Å². The zero-order valence-corrected chi connectivity index (χ0v) is 14.4. The van der Waals surface area contributed by atoms with Crippen molar-refractivity contribution in [3.8, 4) is 0 Å². The molecule has 6 heteroatoms. The van der Waals surface area contributed by atoms with E-state index < -0.39 is 0 Å². The molecule has 1 aromatic carbocycles. The largest absolute Gasteiger partial charge is 0.367 e. The van der Waals surface area contributed by atoms with E-state index in [1.54, 1.807) is 12.5 Å². The van der Waals surface area contributed by atoms with Crippen LogP contribution >= 0.6 is 15.9 Å². The Morgan fingerprint density at radius 2 is 2.04 bits per heavy atom. The van der Waals surface area contributed by atoms with Gasteiger partial charge in [0.25, 0.3) is 0 Å². The molecule has 1 aliphatic heterocycles. The molecule has 0 spiro atoms. The first-order chi connectivity index (χ1) is 11.2. The SMILES string of the molecule is O=C(Cc1ccccc1Br)N1CCC(Nc2ccncn2)CC1. The quantitative estimate of drug-likeness (QED) is 0.893. The minimum atomic E-state index is 0.192. The predicted octanol–water partition coefficient (Wildman–Crippen LogP) is 2.88. The summed E-state index contributed by atoms with van der Waals surface area (Å²) in [7, 11) is 0. The Morgan fingerprint density at radius 3 is 2.74 bits per heavy atom. The van der Waals surface area contributed by atoms with Gasteiger partial charge in [-0.25, -0.2) is 9.97 Å². The van der Waals surface area contributed by atoms with Gasteiger partial charge < -0.3 is 10.2 Å². The molecule has 1 fully saturated rings. The van der Waals surface area contributed by atoms with Crippen LogP contribution in [-0.2, 0) is 11.2 Å². The third-order valence-electron chi connectivity index (χ3n) is 4.08. The van der Waals surface area contributed by atoms with Crippen LogP contribution in [0.25, 0.3) is 0 Å². The third kappa shape index (κ3) is 4.28. The molecule has 1 saturated heterocycles. The van der Waals surface area contributed by atoms with Gasteiger partial charge in [0.1, 0.15) is 12.1 Å². The van der Waals surface area contributed by atoms with Gasteiger partial charge in [-0.05, 0) is 30.5 Å². The molecule has 1 N–H and O–H groups in total. The van der Waals surface area contributed by atoms with E-state index in [-0.39, 0.29) is 5.91 Å². The molecule has 0 aliphatic carbocycles. The van der Waals surface area contributed by atoms with Crippen molar-refractivity contribution in [3.63, 3.8) is 0 Å². The Hall–Kier alpha value is -1.95. The van der Waals surface area contributed by atoms with Crippen LogP contribution in [0.5, 0.6) is 0 Å². The molecule has 0 radical (unpaired) electrons. The number of aromatic nitrogens is 2. The van der Waals surface area contributed by atoms with Gasteiger partial charge in [-0.1, -0.05) is 34.1 Å². The van der Waals surface area contributed by atoms with E-state index in [4.69, 9.17) is 0 Å². The molecule has 1 amide bonds. The van der Waals surface area contributed by atoms with Crippen molar-refractivity contribution >= 4 is 27.7 Å². The molecule has 0 atom stereocenters. The summed E-state index contributed by atoms with van der Waals surface area (Å²) in [6.45, 7) is 1.57. The van der Waals surface area contributed by atoms with Crippen LogP contribution in [0.1, 0.15) is 18.4 Å². The van der Waals surface area contributed by atoms with E-state index in [9.17, 15) is 4.79 Å². The first-order valence-corrected chi connectivity index (χ1v) is 8.55. The van der Waals surface area contributed by atoms with Crippen LogP contribution in [0.3, 0.4) is 0 Å². The maximum Gasteiger partial charge on any atom is 0.227 e. The van der Waals surface area contributed by atoms with Crippen molar-refractivity contribution in [2.75, 3.05) is 18.4 Å². The number of rotatable bonds is 4. The van der Waals surface area contributed by atoms with Crippen LogP contribution < -0.4 is 5.32 Å². The summed E-state index contributed by atoms with van der Waals surface area (Å²) >= 11 is 3.50. The third-order valence-corrected chi connectivity index (χ3v) is 4.85. The molecular weight excluding hydrogens is 356 g/mol. The molecule has 0 unspecified atom stereocenters. The second-order valence-corrected chi connectivity index (χ2v) is 6.52. The summed E-state index contributed by atoms with van der Waals surface area (Å²) in [5.74, 6) is 1.04. The van der Waals surface area contributed by atoms with Crippen LogP contribution in [-0.4, -0.2) is 39.9 Å². The zero-order valence-electron chi connectivity index (χ0n) is 12.8. The van der Waals surface area contributed by atoms with Crippen LogP contribution in [0.4, 0.5) is 5.82 Å². The second-order valence-electron chi connectivity index (χ2n) is 5.66. The number of carbonyl (C=O) groups excluding carboxylic acids is 1. The average Bonchev–Trinajstić information content (AvgIpc) is 2.58. The summed E-state index contributed by atoms with van der Waals surface area (Å²) in [4.78, 5) is 22.5. The normalized spacial score (nSPS) is 15.4. The van der Waals surface area contributed by atoms with Crippen molar-refractivity contribution in [3.05, 3.63) is 52.9 Å². The van der Waals surface area contributed by atoms with Crippen LogP contribution in [0.2, 0.25) is 0 Å². The number of hydrogen-bond acceptors (Lipinski definition) is 4. The van der Waals surface area contributed by atoms with E-state index in [2.05, 4.69) is 31.2 Å². The summed E-state index contributed by atoms with van der Waals surface area (Å²) in [5.41, 5.74) is 1.04. The van der Waals surface area contributed by atoms with Crippen molar-refractivity contribution in [2.45, 2.75) is 25.3 Å². The highest BCUT2D eigenvalue weighted by atomic mass is 79.9. The highest BCUT2D eigenvalue weighted by Crippen LogP contribution is 2.19. The highest BCUT2D eigenvalue weighted by molar-refractivity contribution is 9.10. The predicted molar refractivity (Wildman–Crippen MR) is 93.1 cm³/mol. The lowest BCUT2D eigenvalue weighted by Gasteiger charge is -2.32. The number of piperidine rings is 1. The highest BCUT2D eigenvalue weighted by Gasteiger charge is 2.23. The molecule has 1 aliphatic rings. The number of hydrogen-bond donors (Lipinski definition) is 1. The molecule has 0 bridgehead atoms. The molecule has 120 valence electrons. The lowest BCUT2D eigenvalue weighted by molar-refractivity contribution is -0.131. The number of likely N-dealkylation sites (tertiary alicyclic amines) is 1. The number of anilines is 1. The molecule has 3 rings (SSSR count). The molecule has 5 nitrogen and oxygen atoms in total. The van der Waals surface area contributed by atoms with Crippen molar-refractivity contribution in [1.29, 1.82) is 0 Å². The Morgan fingerprint density at radius 1 is 1.26 bits per heavy atom. The van der Waals surface area contributed by atoms with Crippen LogP contribution in [0, 0.1) is 0 Å². The van der Waals surface area contributed by atoms with Gasteiger partial charge in [-0.2, -0.15) is 0 Å². The Bertz CT molecular complexity index is 657. The molecular formula is C17H19BrN4O. The Labute approximate surface area is 144 Å². The Kier molecular flexibility index (Phi) is 5.23. The number of amides is 1. The minimum Gasteiger partial charge on any atom is -0.367 e. The molecule has 1 aromatic heterocycles. The van der Waals surface area contributed by atoms with Gasteiger partial charge in [0.05, 0.1) is 6.42 Å². The number of benzene rings is 1. The first kappa shape index (κ1) is 15.9. The monoisotopic (exact) mass is 374 g/mol. The smallest absolute Gasteiger partial charge is 0.227 e. The fourth-order valence-corrected chi connectivity index (χ4v) is 3.20. The lowest BCUT2D eigenvalue weighted by Crippen LogP contribution is -2.43. The average molecular weight is 375 g/mol. The van der Waals surface area contributed by atoms with E-state index in [0.29, 0.717) is 12.5 Å². The maximum atomic E-state index is 12.4. The van der Waals surface area contributed by atoms with E-state index in [1.807, 2.05) is 35.2 Å². The van der Waals surface area contributed by atoms with Gasteiger partial charge in [-0.15, -0.1) is 0 Å². The topological polar surface area (TPSA) is 58.1 Å². The van der Waals surface area contributed by atoms with Gasteiger partial charge in [0.15, 0.2) is 0 Å². The minimum absolute atomic E-state index is 0.192. The maximum absolute atomic E-state index is 12.4. The van der Waals surface area contributed by atoms with E-state index in [0.717, 1.165) is 41.8 Å². The van der Waals surface area contributed by atoms with Crippen molar-refractivity contribution in [2.24, 2.45) is 0 Å². The van der Waals surface area contributed by atoms with E-state index >= 15 is 0 Å². The summed E-state index contributed by atoms with van der Waals surface area (Å²) in [6.07, 6.45) is 5.59. The fourth-order valence-electron chi connectivity index (χ4n) is 2.77. The molecule has 0 saturated carbocycles. The molecule has 2 aromatic rings. The second kappa shape index (κ2) is 7.55. The summed E-state index contributed by atoms with van der Waals surface area (Å²) < 4.78 is 0.994. The molecule has 23 heavy (non-hydrogen) atoms. The first-order valence-electron chi connectivity index (χ1n) is 7.76. The Balaban J connectivity index is 1.50. The molecule has 2 heterocycles. The van der Waals surface area contributed by atoms with Crippen molar-refractivity contribution in [1.82, 2.24) is 14.9 Å². The lowest BCUT2D eigenvalue weighted by atomic mass is 10.0. The zero-order chi connectivity index (χ0) is 16.1. The summed E-state index contributed by atoms with van der Waals surface area (Å²) in [6, 6.07) is 10.1. The van der Waals surface area contributed by atoms with Crippen molar-refractivity contribution < 1.29 is 4.79 Å². The van der Waals surface area contributed by atoms with Gasteiger partial charge in [0.2, 0.25) is 5.91 Å². The number of nitrogens with one attached hydrogen (secondary N) is 1. The standard InChI is InChI=1S/C17H19BrN4O/c18-15-4-2-1-3-13(15)11-17(23)22-9-6-14(7-10-22)21-16-5-8-19-12-20-16/h1-5,8,12,14H,6-7,9-11H2,(H,19,20,21).